The van der Waals surface area contributed by atoms with Crippen LogP contribution in [0.4, 0.5) is 0 Å². The minimum Gasteiger partial charge on any atom is -0.342 e. The normalized spacial score (nSPS) is 22.1. The van der Waals surface area contributed by atoms with Crippen molar-refractivity contribution >= 4 is 11.8 Å². The van der Waals surface area contributed by atoms with Crippen molar-refractivity contribution < 1.29 is 9.59 Å². The summed E-state index contributed by atoms with van der Waals surface area (Å²) < 4.78 is 0. The second-order valence-corrected chi connectivity index (χ2v) is 6.16. The Kier molecular flexibility index (Phi) is 3.84. The van der Waals surface area contributed by atoms with Crippen LogP contribution in [0.3, 0.4) is 0 Å². The van der Waals surface area contributed by atoms with Gasteiger partial charge in [-0.05, 0) is 25.3 Å². The molecule has 4 heteroatoms. The Morgan fingerprint density at radius 1 is 1.20 bits per heavy atom. The molecule has 1 N–H and O–H groups in total. The molecular weight excluding hydrogens is 252 g/mol. The van der Waals surface area contributed by atoms with Crippen LogP contribution in [-0.2, 0) is 16.1 Å². The Morgan fingerprint density at radius 2 is 1.80 bits per heavy atom. The highest BCUT2D eigenvalue weighted by Crippen LogP contribution is 2.25. The fraction of sp³-hybridized carbons (Fsp3) is 0.500. The lowest BCUT2D eigenvalue weighted by molar-refractivity contribution is -0.157. The summed E-state index contributed by atoms with van der Waals surface area (Å²) in [5, 5.41) is 2.84. The monoisotopic (exact) mass is 274 g/mol. The zero-order valence-electron chi connectivity index (χ0n) is 12.5. The van der Waals surface area contributed by atoms with Crippen LogP contribution in [0.5, 0.6) is 0 Å². The van der Waals surface area contributed by atoms with Crippen molar-refractivity contribution in [2.75, 3.05) is 0 Å². The SMILES string of the molecule is CC(C)C1NC(=O)C(C)(C)N(Cc2ccccc2)C1=O. The summed E-state index contributed by atoms with van der Waals surface area (Å²) in [6.45, 7) is 7.94. The van der Waals surface area contributed by atoms with Crippen molar-refractivity contribution in [2.24, 2.45) is 5.92 Å². The van der Waals surface area contributed by atoms with Crippen LogP contribution in [0.1, 0.15) is 33.3 Å². The number of amides is 2. The first-order chi connectivity index (χ1) is 9.34. The second-order valence-electron chi connectivity index (χ2n) is 6.16. The highest BCUT2D eigenvalue weighted by atomic mass is 16.2. The summed E-state index contributed by atoms with van der Waals surface area (Å²) in [6, 6.07) is 9.34. The van der Waals surface area contributed by atoms with Gasteiger partial charge in [-0.15, -0.1) is 0 Å². The van der Waals surface area contributed by atoms with Crippen LogP contribution in [0.15, 0.2) is 30.3 Å². The highest BCUT2D eigenvalue weighted by molar-refractivity contribution is 5.99. The first-order valence-corrected chi connectivity index (χ1v) is 7.00. The van der Waals surface area contributed by atoms with E-state index in [1.807, 2.05) is 44.2 Å². The van der Waals surface area contributed by atoms with E-state index in [1.165, 1.54) is 0 Å². The van der Waals surface area contributed by atoms with Gasteiger partial charge in [0.15, 0.2) is 0 Å². The fourth-order valence-electron chi connectivity index (χ4n) is 2.44. The minimum absolute atomic E-state index is 0.00606. The molecule has 0 radical (unpaired) electrons. The Morgan fingerprint density at radius 3 is 2.35 bits per heavy atom. The molecule has 4 nitrogen and oxygen atoms in total. The quantitative estimate of drug-likeness (QED) is 0.916. The fourth-order valence-corrected chi connectivity index (χ4v) is 2.44. The largest absolute Gasteiger partial charge is 0.342 e. The molecule has 1 unspecified atom stereocenters. The van der Waals surface area contributed by atoms with Gasteiger partial charge < -0.3 is 10.2 Å². The first kappa shape index (κ1) is 14.6. The maximum absolute atomic E-state index is 12.6. The van der Waals surface area contributed by atoms with Gasteiger partial charge in [-0.3, -0.25) is 9.59 Å². The van der Waals surface area contributed by atoms with Crippen LogP contribution >= 0.6 is 0 Å². The van der Waals surface area contributed by atoms with Crippen LogP contribution in [-0.4, -0.2) is 28.3 Å². The molecule has 0 aliphatic carbocycles. The van der Waals surface area contributed by atoms with Crippen LogP contribution < -0.4 is 5.32 Å². The van der Waals surface area contributed by atoms with E-state index in [2.05, 4.69) is 5.32 Å². The van der Waals surface area contributed by atoms with Gasteiger partial charge >= 0.3 is 0 Å². The molecule has 1 aromatic rings. The molecule has 0 spiro atoms. The zero-order chi connectivity index (χ0) is 14.9. The molecule has 0 aromatic heterocycles. The molecule has 2 rings (SSSR count). The summed E-state index contributed by atoms with van der Waals surface area (Å²) in [4.78, 5) is 26.6. The Labute approximate surface area is 120 Å². The predicted molar refractivity (Wildman–Crippen MR) is 77.8 cm³/mol. The third-order valence-corrected chi connectivity index (χ3v) is 3.90. The molecule has 2 amide bonds. The Bertz CT molecular complexity index is 508. The van der Waals surface area contributed by atoms with Crippen molar-refractivity contribution in [3.05, 3.63) is 35.9 Å². The van der Waals surface area contributed by atoms with Crippen LogP contribution in [0, 0.1) is 5.92 Å². The number of hydrogen-bond donors (Lipinski definition) is 1. The van der Waals surface area contributed by atoms with Gasteiger partial charge in [0.1, 0.15) is 11.6 Å². The summed E-state index contributed by atoms with van der Waals surface area (Å²) in [7, 11) is 0. The molecule has 1 aromatic carbocycles. The summed E-state index contributed by atoms with van der Waals surface area (Å²) in [5.74, 6) is -0.0130. The molecule has 1 saturated heterocycles. The third-order valence-electron chi connectivity index (χ3n) is 3.90. The predicted octanol–water partition coefficient (Wildman–Crippen LogP) is 1.95. The molecule has 1 aliphatic rings. The van der Waals surface area contributed by atoms with Crippen molar-refractivity contribution in [3.63, 3.8) is 0 Å². The van der Waals surface area contributed by atoms with Crippen LogP contribution in [0.25, 0.3) is 0 Å². The third kappa shape index (κ3) is 2.55. The second kappa shape index (κ2) is 5.27. The smallest absolute Gasteiger partial charge is 0.246 e. The van der Waals surface area contributed by atoms with E-state index in [1.54, 1.807) is 18.7 Å². The molecule has 108 valence electrons. The summed E-state index contributed by atoms with van der Waals surface area (Å²) in [5.41, 5.74) is 0.212. The lowest BCUT2D eigenvalue weighted by atomic mass is 9.91. The van der Waals surface area contributed by atoms with Gasteiger partial charge in [-0.2, -0.15) is 0 Å². The highest BCUT2D eigenvalue weighted by Gasteiger charge is 2.46. The maximum atomic E-state index is 12.6. The number of carbonyl (C=O) groups excluding carboxylic acids is 2. The maximum Gasteiger partial charge on any atom is 0.246 e. The van der Waals surface area contributed by atoms with Gasteiger partial charge in [0.2, 0.25) is 11.8 Å². The summed E-state index contributed by atoms with van der Waals surface area (Å²) >= 11 is 0. The van der Waals surface area contributed by atoms with Crippen molar-refractivity contribution in [2.45, 2.75) is 45.8 Å². The average molecular weight is 274 g/mol. The van der Waals surface area contributed by atoms with E-state index in [9.17, 15) is 9.59 Å². The number of piperazine rings is 1. The average Bonchev–Trinajstić information content (AvgIpc) is 2.40. The van der Waals surface area contributed by atoms with Gasteiger partial charge in [0.25, 0.3) is 0 Å². The summed E-state index contributed by atoms with van der Waals surface area (Å²) in [6.07, 6.45) is 0. The molecular formula is C16H22N2O2. The Hall–Kier alpha value is -1.84. The topological polar surface area (TPSA) is 49.4 Å². The number of rotatable bonds is 3. The van der Waals surface area contributed by atoms with Crippen molar-refractivity contribution in [3.8, 4) is 0 Å². The first-order valence-electron chi connectivity index (χ1n) is 7.00. The molecule has 1 fully saturated rings. The van der Waals surface area contributed by atoms with E-state index in [-0.39, 0.29) is 17.7 Å². The van der Waals surface area contributed by atoms with Gasteiger partial charge in [-0.1, -0.05) is 44.2 Å². The lowest BCUT2D eigenvalue weighted by Gasteiger charge is -2.45. The number of nitrogens with zero attached hydrogens (tertiary/aromatic N) is 1. The van der Waals surface area contributed by atoms with Gasteiger partial charge in [0.05, 0.1) is 0 Å². The van der Waals surface area contributed by atoms with Crippen LogP contribution in [0.2, 0.25) is 0 Å². The molecule has 1 atom stereocenters. The lowest BCUT2D eigenvalue weighted by Crippen LogP contribution is -2.69. The molecule has 20 heavy (non-hydrogen) atoms. The van der Waals surface area contributed by atoms with Gasteiger partial charge in [-0.25, -0.2) is 0 Å². The minimum atomic E-state index is -0.821. The van der Waals surface area contributed by atoms with E-state index < -0.39 is 11.6 Å². The molecule has 1 heterocycles. The van der Waals surface area contributed by atoms with E-state index in [4.69, 9.17) is 0 Å². The van der Waals surface area contributed by atoms with Crippen molar-refractivity contribution in [1.29, 1.82) is 0 Å². The number of hydrogen-bond acceptors (Lipinski definition) is 2. The van der Waals surface area contributed by atoms with Crippen molar-refractivity contribution in [1.82, 2.24) is 10.2 Å². The molecule has 0 saturated carbocycles. The molecule has 0 bridgehead atoms. The number of benzene rings is 1. The van der Waals surface area contributed by atoms with Gasteiger partial charge in [0, 0.05) is 6.54 Å². The Balaban J connectivity index is 2.30. The standard InChI is InChI=1S/C16H22N2O2/c1-11(2)13-14(19)18(16(3,4)15(20)17-13)10-12-8-6-5-7-9-12/h5-9,11,13H,10H2,1-4H3,(H,17,20). The molecule has 1 aliphatic heterocycles. The van der Waals surface area contributed by atoms with E-state index in [0.717, 1.165) is 5.56 Å². The van der Waals surface area contributed by atoms with E-state index in [0.29, 0.717) is 6.54 Å². The number of carbonyl (C=O) groups is 2. The zero-order valence-corrected chi connectivity index (χ0v) is 12.5. The number of nitrogens with one attached hydrogen (secondary N) is 1. The van der Waals surface area contributed by atoms with E-state index >= 15 is 0 Å².